The standard InChI is InChI=1S/2C9H7.2ClH.2Zr/c2*1-2-5-9-7-3-6-8(9)4-1;;;;/h2*1-7H;2*1H;;/q2*-1;;;2*+2/p-2. The maximum absolute atomic E-state index is 2.12. The van der Waals surface area contributed by atoms with Crippen LogP contribution in [-0.4, -0.2) is 0 Å². The Morgan fingerprint density at radius 2 is 0.864 bits per heavy atom. The van der Waals surface area contributed by atoms with E-state index >= 15 is 0 Å². The minimum atomic E-state index is 0. The molecular formula is C18H14Cl2Zr2. The summed E-state index contributed by atoms with van der Waals surface area (Å²) in [7, 11) is 0. The summed E-state index contributed by atoms with van der Waals surface area (Å²) in [6.45, 7) is 0. The van der Waals surface area contributed by atoms with Crippen LogP contribution in [0.4, 0.5) is 0 Å². The van der Waals surface area contributed by atoms with Crippen LogP contribution in [-0.2, 0) is 52.4 Å². The molecule has 0 aromatic heterocycles. The van der Waals surface area contributed by atoms with Gasteiger partial charge < -0.3 is 24.8 Å². The topological polar surface area (TPSA) is 0 Å². The number of benzene rings is 2. The summed E-state index contributed by atoms with van der Waals surface area (Å²) in [4.78, 5) is 0. The number of halogens is 2. The quantitative estimate of drug-likeness (QED) is 0.285. The Morgan fingerprint density at radius 1 is 0.500 bits per heavy atom. The maximum atomic E-state index is 2.12. The van der Waals surface area contributed by atoms with Gasteiger partial charge in [-0.3, -0.25) is 0 Å². The zero-order valence-corrected chi connectivity index (χ0v) is 18.3. The molecule has 0 radical (unpaired) electrons. The second-order valence-corrected chi connectivity index (χ2v) is 4.31. The number of rotatable bonds is 0. The van der Waals surface area contributed by atoms with Gasteiger partial charge in [-0.1, -0.05) is 12.1 Å². The van der Waals surface area contributed by atoms with Gasteiger partial charge in [-0.15, -0.1) is 59.3 Å². The Hall–Kier alpha value is 0.00623. The molecule has 0 saturated carbocycles. The van der Waals surface area contributed by atoms with Crippen molar-refractivity contribution < 1.29 is 77.2 Å². The average Bonchev–Trinajstić information content (AvgIpc) is 3.08. The van der Waals surface area contributed by atoms with Crippen LogP contribution < -0.4 is 24.8 Å². The first-order valence-electron chi connectivity index (χ1n) is 6.14. The fourth-order valence-electron chi connectivity index (χ4n) is 2.14. The second kappa shape index (κ2) is 12.4. The van der Waals surface area contributed by atoms with E-state index in [1.54, 1.807) is 0 Å². The first kappa shape index (κ1) is 24.3. The average molecular weight is 484 g/mol. The maximum Gasteiger partial charge on any atom is 2.00 e. The molecule has 0 aliphatic carbocycles. The molecule has 0 amide bonds. The SMILES string of the molecule is [Cl-].[Cl-].[Zr+2].[Zr+2].c1ccc2[cH-]ccc2c1.c1ccc2[cH-]ccc2c1. The molecule has 4 aromatic rings. The fourth-order valence-corrected chi connectivity index (χ4v) is 2.14. The van der Waals surface area contributed by atoms with E-state index in [0.29, 0.717) is 0 Å². The van der Waals surface area contributed by atoms with Gasteiger partial charge in [-0.05, 0) is 0 Å². The largest absolute Gasteiger partial charge is 2.00 e. The normalized spacial score (nSPS) is 8.36. The molecule has 22 heavy (non-hydrogen) atoms. The van der Waals surface area contributed by atoms with Crippen LogP contribution in [0.15, 0.2) is 84.9 Å². The third-order valence-electron chi connectivity index (χ3n) is 3.10. The molecule has 0 heterocycles. The Kier molecular flexibility index (Phi) is 13.7. The van der Waals surface area contributed by atoms with Gasteiger partial charge in [0.25, 0.3) is 0 Å². The van der Waals surface area contributed by atoms with Gasteiger partial charge >= 0.3 is 52.4 Å². The van der Waals surface area contributed by atoms with Crippen molar-refractivity contribution in [2.75, 3.05) is 0 Å². The van der Waals surface area contributed by atoms with Crippen molar-refractivity contribution in [1.82, 2.24) is 0 Å². The van der Waals surface area contributed by atoms with E-state index in [1.165, 1.54) is 21.5 Å². The van der Waals surface area contributed by atoms with Crippen LogP contribution in [0.5, 0.6) is 0 Å². The Morgan fingerprint density at radius 3 is 1.23 bits per heavy atom. The van der Waals surface area contributed by atoms with Crippen molar-refractivity contribution in [1.29, 1.82) is 0 Å². The molecule has 108 valence electrons. The van der Waals surface area contributed by atoms with Crippen molar-refractivity contribution in [2.45, 2.75) is 0 Å². The van der Waals surface area contributed by atoms with E-state index in [0.717, 1.165) is 0 Å². The van der Waals surface area contributed by atoms with Gasteiger partial charge in [-0.25, -0.2) is 0 Å². The monoisotopic (exact) mass is 480 g/mol. The molecule has 0 spiro atoms. The van der Waals surface area contributed by atoms with E-state index in [9.17, 15) is 0 Å². The molecule has 0 bridgehead atoms. The summed E-state index contributed by atoms with van der Waals surface area (Å²) in [6, 6.07) is 29.3. The minimum absolute atomic E-state index is 0. The van der Waals surface area contributed by atoms with Crippen LogP contribution in [0, 0.1) is 0 Å². The van der Waals surface area contributed by atoms with Crippen LogP contribution >= 0.6 is 0 Å². The predicted molar refractivity (Wildman–Crippen MR) is 79.1 cm³/mol. The van der Waals surface area contributed by atoms with E-state index in [1.807, 2.05) is 0 Å². The van der Waals surface area contributed by atoms with E-state index in [4.69, 9.17) is 0 Å². The molecular weight excluding hydrogens is 470 g/mol. The van der Waals surface area contributed by atoms with Gasteiger partial charge in [0.05, 0.1) is 0 Å². The first-order chi connectivity index (χ1) is 8.93. The molecule has 0 fully saturated rings. The van der Waals surface area contributed by atoms with Crippen LogP contribution in [0.2, 0.25) is 0 Å². The third-order valence-corrected chi connectivity index (χ3v) is 3.10. The number of fused-ring (bicyclic) bond motifs is 2. The zero-order chi connectivity index (χ0) is 12.2. The number of hydrogen-bond acceptors (Lipinski definition) is 0. The molecule has 4 aromatic carbocycles. The molecule has 4 heteroatoms. The molecule has 0 nitrogen and oxygen atoms in total. The van der Waals surface area contributed by atoms with Crippen molar-refractivity contribution in [2.24, 2.45) is 0 Å². The third kappa shape index (κ3) is 6.25. The first-order valence-corrected chi connectivity index (χ1v) is 6.14. The molecule has 0 atom stereocenters. The van der Waals surface area contributed by atoms with Crippen molar-refractivity contribution in [3.8, 4) is 0 Å². The van der Waals surface area contributed by atoms with Crippen LogP contribution in [0.25, 0.3) is 21.5 Å². The molecule has 0 saturated heterocycles. The van der Waals surface area contributed by atoms with Crippen LogP contribution in [0.1, 0.15) is 0 Å². The predicted octanol–water partition coefficient (Wildman–Crippen LogP) is -0.880. The smallest absolute Gasteiger partial charge is 1.00 e. The summed E-state index contributed by atoms with van der Waals surface area (Å²) in [5.74, 6) is 0. The molecule has 4 rings (SSSR count). The molecule has 0 aliphatic rings. The Bertz CT molecular complexity index is 633. The van der Waals surface area contributed by atoms with Gasteiger partial charge in [0.1, 0.15) is 0 Å². The summed E-state index contributed by atoms with van der Waals surface area (Å²) < 4.78 is 0. The second-order valence-electron chi connectivity index (χ2n) is 4.31. The number of hydrogen-bond donors (Lipinski definition) is 0. The molecule has 0 N–H and O–H groups in total. The minimum Gasteiger partial charge on any atom is -1.00 e. The molecule has 0 aliphatic heterocycles. The summed E-state index contributed by atoms with van der Waals surface area (Å²) in [5, 5.41) is 5.32. The van der Waals surface area contributed by atoms with Crippen molar-refractivity contribution in [3.05, 3.63) is 84.9 Å². The van der Waals surface area contributed by atoms with Crippen LogP contribution in [0.3, 0.4) is 0 Å². The summed E-state index contributed by atoms with van der Waals surface area (Å²) in [5.41, 5.74) is 0. The summed E-state index contributed by atoms with van der Waals surface area (Å²) in [6.07, 6.45) is 0. The Balaban J connectivity index is 0. The van der Waals surface area contributed by atoms with E-state index < -0.39 is 0 Å². The fraction of sp³-hybridized carbons (Fsp3) is 0. The van der Waals surface area contributed by atoms with E-state index in [-0.39, 0.29) is 77.2 Å². The van der Waals surface area contributed by atoms with Gasteiger partial charge in [0.2, 0.25) is 0 Å². The van der Waals surface area contributed by atoms with Crippen molar-refractivity contribution in [3.63, 3.8) is 0 Å². The van der Waals surface area contributed by atoms with Gasteiger partial charge in [0, 0.05) is 0 Å². The Labute approximate surface area is 182 Å². The van der Waals surface area contributed by atoms with E-state index in [2.05, 4.69) is 84.9 Å². The van der Waals surface area contributed by atoms with Gasteiger partial charge in [0.15, 0.2) is 0 Å². The summed E-state index contributed by atoms with van der Waals surface area (Å²) >= 11 is 0. The van der Waals surface area contributed by atoms with Gasteiger partial charge in [-0.2, -0.15) is 35.0 Å². The zero-order valence-electron chi connectivity index (χ0n) is 11.8. The molecule has 0 unspecified atom stereocenters. The van der Waals surface area contributed by atoms with Crippen molar-refractivity contribution >= 4 is 21.5 Å².